The molecule has 35 heavy (non-hydrogen) atoms. The molecule has 5 rings (SSSR count). The van der Waals surface area contributed by atoms with Gasteiger partial charge in [-0.25, -0.2) is 9.78 Å². The van der Waals surface area contributed by atoms with Crippen molar-refractivity contribution >= 4 is 28.6 Å². The van der Waals surface area contributed by atoms with Crippen molar-refractivity contribution in [3.63, 3.8) is 0 Å². The van der Waals surface area contributed by atoms with Crippen molar-refractivity contribution < 1.29 is 14.3 Å². The number of amides is 1. The number of rotatable bonds is 5. The molecule has 0 unspecified atom stereocenters. The molecule has 8 nitrogen and oxygen atoms in total. The number of aryl methyl sites for hydroxylation is 2. The number of carbonyl (C=O) groups is 2. The highest BCUT2D eigenvalue weighted by molar-refractivity contribution is 6.05. The molecule has 4 aromatic rings. The number of carbonyl (C=O) groups excluding carboxylic acids is 2. The third-order valence-corrected chi connectivity index (χ3v) is 6.34. The molecule has 0 bridgehead atoms. The van der Waals surface area contributed by atoms with Gasteiger partial charge >= 0.3 is 5.97 Å². The number of piperazine rings is 1. The Morgan fingerprint density at radius 3 is 2.29 bits per heavy atom. The zero-order valence-corrected chi connectivity index (χ0v) is 19.8. The SMILES string of the molecule is Cc1nn(C)c2nc(-c3ccccc3)cc(C(=O)OCC(=O)N3CCN(c4ccccc4)CC3)c12. The van der Waals surface area contributed by atoms with Crippen LogP contribution < -0.4 is 4.90 Å². The van der Waals surface area contributed by atoms with Gasteiger partial charge in [0.1, 0.15) is 0 Å². The number of fused-ring (bicyclic) bond motifs is 1. The first kappa shape index (κ1) is 22.6. The van der Waals surface area contributed by atoms with Gasteiger partial charge in [-0.2, -0.15) is 5.10 Å². The van der Waals surface area contributed by atoms with Gasteiger partial charge in [0, 0.05) is 44.5 Å². The number of ether oxygens (including phenoxy) is 1. The molecule has 1 aliphatic heterocycles. The smallest absolute Gasteiger partial charge is 0.339 e. The van der Waals surface area contributed by atoms with Crippen molar-refractivity contribution in [3.05, 3.63) is 78.0 Å². The van der Waals surface area contributed by atoms with Gasteiger partial charge in [0.05, 0.1) is 22.3 Å². The fraction of sp³-hybridized carbons (Fsp3) is 0.259. The van der Waals surface area contributed by atoms with Gasteiger partial charge in [-0.05, 0) is 25.1 Å². The fourth-order valence-electron chi connectivity index (χ4n) is 4.51. The Morgan fingerprint density at radius 1 is 0.943 bits per heavy atom. The third-order valence-electron chi connectivity index (χ3n) is 6.34. The first-order valence-electron chi connectivity index (χ1n) is 11.7. The average molecular weight is 470 g/mol. The van der Waals surface area contributed by atoms with E-state index in [0.717, 1.165) is 24.3 Å². The molecule has 0 radical (unpaired) electrons. The number of esters is 1. The maximum Gasteiger partial charge on any atom is 0.339 e. The van der Waals surface area contributed by atoms with E-state index in [9.17, 15) is 9.59 Å². The van der Waals surface area contributed by atoms with Crippen LogP contribution in [-0.4, -0.2) is 64.3 Å². The zero-order valence-electron chi connectivity index (χ0n) is 19.8. The van der Waals surface area contributed by atoms with Crippen LogP contribution in [0, 0.1) is 6.92 Å². The highest BCUT2D eigenvalue weighted by Crippen LogP contribution is 2.27. The summed E-state index contributed by atoms with van der Waals surface area (Å²) in [6.45, 7) is 4.19. The van der Waals surface area contributed by atoms with Crippen LogP contribution >= 0.6 is 0 Å². The molecule has 1 aliphatic rings. The number of hydrogen-bond donors (Lipinski definition) is 0. The average Bonchev–Trinajstić information content (AvgIpc) is 3.20. The lowest BCUT2D eigenvalue weighted by molar-refractivity contribution is -0.134. The van der Waals surface area contributed by atoms with Crippen LogP contribution in [0.3, 0.4) is 0 Å². The van der Waals surface area contributed by atoms with Gasteiger partial charge in [0.15, 0.2) is 12.3 Å². The van der Waals surface area contributed by atoms with Crippen LogP contribution in [0.1, 0.15) is 16.1 Å². The summed E-state index contributed by atoms with van der Waals surface area (Å²) in [5, 5.41) is 5.08. The molecular weight excluding hydrogens is 442 g/mol. The predicted molar refractivity (Wildman–Crippen MR) is 134 cm³/mol. The summed E-state index contributed by atoms with van der Waals surface area (Å²) in [5.74, 6) is -0.746. The van der Waals surface area contributed by atoms with Gasteiger partial charge in [0.25, 0.3) is 5.91 Å². The molecular formula is C27H27N5O3. The van der Waals surface area contributed by atoms with Crippen molar-refractivity contribution in [2.24, 2.45) is 7.05 Å². The van der Waals surface area contributed by atoms with E-state index in [1.807, 2.05) is 55.5 Å². The summed E-state index contributed by atoms with van der Waals surface area (Å²) in [5.41, 5.74) is 4.32. The quantitative estimate of drug-likeness (QED) is 0.417. The van der Waals surface area contributed by atoms with E-state index in [-0.39, 0.29) is 12.5 Å². The number of nitrogens with zero attached hydrogens (tertiary/aromatic N) is 5. The van der Waals surface area contributed by atoms with E-state index in [1.165, 1.54) is 0 Å². The largest absolute Gasteiger partial charge is 0.452 e. The van der Waals surface area contributed by atoms with E-state index >= 15 is 0 Å². The van der Waals surface area contributed by atoms with E-state index < -0.39 is 5.97 Å². The standard InChI is InChI=1S/C27H27N5O3/c1-19-25-22(17-23(20-9-5-3-6-10-20)28-26(25)30(2)29-19)27(34)35-18-24(33)32-15-13-31(14-16-32)21-11-7-4-8-12-21/h3-12,17H,13-16,18H2,1-2H3. The number of benzene rings is 2. The fourth-order valence-corrected chi connectivity index (χ4v) is 4.51. The second-order valence-electron chi connectivity index (χ2n) is 8.61. The van der Waals surface area contributed by atoms with Gasteiger partial charge in [-0.1, -0.05) is 48.5 Å². The number of para-hydroxylation sites is 1. The van der Waals surface area contributed by atoms with Gasteiger partial charge < -0.3 is 14.5 Å². The Balaban J connectivity index is 1.30. The lowest BCUT2D eigenvalue weighted by atomic mass is 10.1. The Bertz CT molecular complexity index is 1360. The summed E-state index contributed by atoms with van der Waals surface area (Å²) >= 11 is 0. The van der Waals surface area contributed by atoms with Gasteiger partial charge in [-0.3, -0.25) is 9.48 Å². The van der Waals surface area contributed by atoms with Crippen LogP contribution in [0.5, 0.6) is 0 Å². The Labute approximate surface area is 203 Å². The second kappa shape index (κ2) is 9.58. The normalized spacial score (nSPS) is 13.8. The highest BCUT2D eigenvalue weighted by atomic mass is 16.5. The molecule has 2 aromatic carbocycles. The first-order chi connectivity index (χ1) is 17.0. The summed E-state index contributed by atoms with van der Waals surface area (Å²) in [7, 11) is 1.80. The molecule has 0 spiro atoms. The van der Waals surface area contributed by atoms with Crippen LogP contribution in [-0.2, 0) is 16.6 Å². The predicted octanol–water partition coefficient (Wildman–Crippen LogP) is 3.45. The molecule has 1 saturated heterocycles. The summed E-state index contributed by atoms with van der Waals surface area (Å²) in [6, 6.07) is 21.5. The minimum absolute atomic E-state index is 0.192. The Morgan fingerprint density at radius 2 is 1.60 bits per heavy atom. The van der Waals surface area contributed by atoms with Gasteiger partial charge in [-0.15, -0.1) is 0 Å². The maximum absolute atomic E-state index is 13.2. The molecule has 0 N–H and O–H groups in total. The molecule has 3 heterocycles. The molecule has 8 heteroatoms. The van der Waals surface area contributed by atoms with E-state index in [0.29, 0.717) is 41.1 Å². The summed E-state index contributed by atoms with van der Waals surface area (Å²) < 4.78 is 7.17. The zero-order chi connectivity index (χ0) is 24.4. The van der Waals surface area contributed by atoms with E-state index in [4.69, 9.17) is 9.72 Å². The maximum atomic E-state index is 13.2. The Hall–Kier alpha value is -4.20. The molecule has 2 aromatic heterocycles. The van der Waals surface area contributed by atoms with Crippen LogP contribution in [0.15, 0.2) is 66.7 Å². The Kier molecular flexibility index (Phi) is 6.18. The van der Waals surface area contributed by atoms with Crippen molar-refractivity contribution in [2.75, 3.05) is 37.7 Å². The molecule has 178 valence electrons. The molecule has 0 aliphatic carbocycles. The molecule has 1 fully saturated rings. The van der Waals surface area contributed by atoms with Crippen LogP contribution in [0.2, 0.25) is 0 Å². The number of pyridine rings is 1. The molecule has 1 amide bonds. The first-order valence-corrected chi connectivity index (χ1v) is 11.7. The minimum Gasteiger partial charge on any atom is -0.452 e. The lowest BCUT2D eigenvalue weighted by Crippen LogP contribution is -2.49. The van der Waals surface area contributed by atoms with Crippen LogP contribution in [0.4, 0.5) is 5.69 Å². The lowest BCUT2D eigenvalue weighted by Gasteiger charge is -2.36. The topological polar surface area (TPSA) is 80.6 Å². The summed E-state index contributed by atoms with van der Waals surface area (Å²) in [6.07, 6.45) is 0. The van der Waals surface area contributed by atoms with Gasteiger partial charge in [0.2, 0.25) is 0 Å². The summed E-state index contributed by atoms with van der Waals surface area (Å²) in [4.78, 5) is 34.7. The molecule has 0 saturated carbocycles. The van der Waals surface area contributed by atoms with Crippen molar-refractivity contribution in [2.45, 2.75) is 6.92 Å². The highest BCUT2D eigenvalue weighted by Gasteiger charge is 2.24. The second-order valence-corrected chi connectivity index (χ2v) is 8.61. The third kappa shape index (κ3) is 4.59. The van der Waals surface area contributed by atoms with E-state index in [1.54, 1.807) is 22.7 Å². The van der Waals surface area contributed by atoms with Crippen LogP contribution in [0.25, 0.3) is 22.3 Å². The number of hydrogen-bond acceptors (Lipinski definition) is 6. The number of anilines is 1. The van der Waals surface area contributed by atoms with Crippen molar-refractivity contribution in [3.8, 4) is 11.3 Å². The monoisotopic (exact) mass is 469 g/mol. The minimum atomic E-state index is -0.554. The number of aromatic nitrogens is 3. The molecule has 0 atom stereocenters. The van der Waals surface area contributed by atoms with Crippen molar-refractivity contribution in [1.82, 2.24) is 19.7 Å². The van der Waals surface area contributed by atoms with E-state index in [2.05, 4.69) is 22.1 Å². The van der Waals surface area contributed by atoms with Crippen molar-refractivity contribution in [1.29, 1.82) is 0 Å².